The molecule has 2 aromatic rings. The number of aryl methyl sites for hydroxylation is 2. The van der Waals surface area contributed by atoms with Gasteiger partial charge in [-0.2, -0.15) is 8.42 Å². The van der Waals surface area contributed by atoms with Gasteiger partial charge in [0.25, 0.3) is 10.1 Å². The van der Waals surface area contributed by atoms with Crippen molar-refractivity contribution in [2.75, 3.05) is 13.7 Å². The number of hydrogen-bond acceptors (Lipinski definition) is 4. The molecule has 2 aromatic carbocycles. The van der Waals surface area contributed by atoms with Crippen molar-refractivity contribution >= 4 is 10.1 Å². The Hall–Kier alpha value is -1.85. The standard InChI is InChI=1S/C17H20O4S/c1-14-8-10-17(11-9-14)22(18,19)21-12-4-6-15-5-3-7-16(13-15)20-2/h3,5,7-11,13H,4,6,12H2,1-2H3. The van der Waals surface area contributed by atoms with Crippen molar-refractivity contribution in [3.63, 3.8) is 0 Å². The average Bonchev–Trinajstić information content (AvgIpc) is 2.52. The second-order valence-electron chi connectivity index (χ2n) is 5.04. The Kier molecular flexibility index (Phi) is 5.57. The van der Waals surface area contributed by atoms with Crippen LogP contribution in [0.1, 0.15) is 17.5 Å². The predicted octanol–water partition coefficient (Wildman–Crippen LogP) is 3.34. The van der Waals surface area contributed by atoms with Gasteiger partial charge in [-0.3, -0.25) is 4.18 Å². The summed E-state index contributed by atoms with van der Waals surface area (Å²) in [4.78, 5) is 0.194. The van der Waals surface area contributed by atoms with Crippen molar-refractivity contribution in [1.29, 1.82) is 0 Å². The van der Waals surface area contributed by atoms with Crippen LogP contribution in [0.15, 0.2) is 53.4 Å². The van der Waals surface area contributed by atoms with Gasteiger partial charge in [-0.25, -0.2) is 0 Å². The quantitative estimate of drug-likeness (QED) is 0.580. The highest BCUT2D eigenvalue weighted by molar-refractivity contribution is 7.86. The van der Waals surface area contributed by atoms with Gasteiger partial charge in [0.15, 0.2) is 0 Å². The molecule has 22 heavy (non-hydrogen) atoms. The van der Waals surface area contributed by atoms with Crippen LogP contribution in [0.2, 0.25) is 0 Å². The molecule has 118 valence electrons. The predicted molar refractivity (Wildman–Crippen MR) is 85.6 cm³/mol. The molecule has 0 fully saturated rings. The van der Waals surface area contributed by atoms with Gasteiger partial charge in [0, 0.05) is 0 Å². The topological polar surface area (TPSA) is 52.6 Å². The van der Waals surface area contributed by atoms with Crippen molar-refractivity contribution in [2.24, 2.45) is 0 Å². The van der Waals surface area contributed by atoms with Crippen LogP contribution in [-0.4, -0.2) is 22.1 Å². The minimum absolute atomic E-state index is 0.160. The van der Waals surface area contributed by atoms with Gasteiger partial charge in [-0.15, -0.1) is 0 Å². The maximum absolute atomic E-state index is 12.0. The molecule has 0 aliphatic heterocycles. The summed E-state index contributed by atoms with van der Waals surface area (Å²) in [7, 11) is -2.05. The molecule has 0 aliphatic rings. The van der Waals surface area contributed by atoms with Gasteiger partial charge in [-0.1, -0.05) is 29.8 Å². The number of hydrogen-bond donors (Lipinski definition) is 0. The number of rotatable bonds is 7. The first-order valence-electron chi connectivity index (χ1n) is 7.10. The molecule has 0 saturated heterocycles. The van der Waals surface area contributed by atoms with Crippen LogP contribution < -0.4 is 4.74 Å². The van der Waals surface area contributed by atoms with E-state index in [0.717, 1.165) is 23.3 Å². The number of ether oxygens (including phenoxy) is 1. The highest BCUT2D eigenvalue weighted by Gasteiger charge is 2.14. The zero-order valence-electron chi connectivity index (χ0n) is 12.8. The van der Waals surface area contributed by atoms with Crippen LogP contribution in [0.5, 0.6) is 5.75 Å². The largest absolute Gasteiger partial charge is 0.497 e. The highest BCUT2D eigenvalue weighted by Crippen LogP contribution is 2.16. The summed E-state index contributed by atoms with van der Waals surface area (Å²) < 4.78 is 34.3. The lowest BCUT2D eigenvalue weighted by molar-refractivity contribution is 0.312. The van der Waals surface area contributed by atoms with Gasteiger partial charge >= 0.3 is 0 Å². The van der Waals surface area contributed by atoms with E-state index >= 15 is 0 Å². The first-order valence-corrected chi connectivity index (χ1v) is 8.51. The third-order valence-electron chi connectivity index (χ3n) is 3.29. The fourth-order valence-corrected chi connectivity index (χ4v) is 2.99. The highest BCUT2D eigenvalue weighted by atomic mass is 32.2. The van der Waals surface area contributed by atoms with Crippen molar-refractivity contribution in [3.05, 3.63) is 59.7 Å². The molecule has 0 bridgehead atoms. The Morgan fingerprint density at radius 1 is 1.05 bits per heavy atom. The average molecular weight is 320 g/mol. The molecule has 5 heteroatoms. The van der Waals surface area contributed by atoms with Gasteiger partial charge in [0.1, 0.15) is 5.75 Å². The number of benzene rings is 2. The minimum Gasteiger partial charge on any atom is -0.497 e. The zero-order valence-corrected chi connectivity index (χ0v) is 13.6. The van der Waals surface area contributed by atoms with E-state index in [1.54, 1.807) is 31.4 Å². The fraction of sp³-hybridized carbons (Fsp3) is 0.294. The third-order valence-corrected chi connectivity index (χ3v) is 4.62. The molecule has 0 unspecified atom stereocenters. The lowest BCUT2D eigenvalue weighted by Crippen LogP contribution is -2.08. The minimum atomic E-state index is -3.67. The second-order valence-corrected chi connectivity index (χ2v) is 6.66. The molecule has 0 atom stereocenters. The van der Waals surface area contributed by atoms with Crippen molar-refractivity contribution in [3.8, 4) is 5.75 Å². The summed E-state index contributed by atoms with van der Waals surface area (Å²) in [5.41, 5.74) is 2.10. The summed E-state index contributed by atoms with van der Waals surface area (Å²) in [5, 5.41) is 0. The molecule has 0 N–H and O–H groups in total. The van der Waals surface area contributed by atoms with Crippen molar-refractivity contribution in [2.45, 2.75) is 24.7 Å². The molecular formula is C17H20O4S. The van der Waals surface area contributed by atoms with Gasteiger partial charge in [0.05, 0.1) is 18.6 Å². The molecular weight excluding hydrogens is 300 g/mol. The molecule has 0 aliphatic carbocycles. The Bertz CT molecular complexity index is 706. The van der Waals surface area contributed by atoms with Gasteiger partial charge < -0.3 is 4.74 Å². The Balaban J connectivity index is 1.86. The number of methoxy groups -OCH3 is 1. The van der Waals surface area contributed by atoms with Crippen LogP contribution in [0, 0.1) is 6.92 Å². The van der Waals surface area contributed by atoms with E-state index in [-0.39, 0.29) is 11.5 Å². The SMILES string of the molecule is COc1cccc(CCCOS(=O)(=O)c2ccc(C)cc2)c1. The van der Waals surface area contributed by atoms with E-state index in [0.29, 0.717) is 6.42 Å². The molecule has 0 heterocycles. The van der Waals surface area contributed by atoms with Crippen LogP contribution >= 0.6 is 0 Å². The van der Waals surface area contributed by atoms with Crippen LogP contribution in [0.3, 0.4) is 0 Å². The first-order chi connectivity index (χ1) is 10.5. The Morgan fingerprint density at radius 2 is 1.77 bits per heavy atom. The third kappa shape index (κ3) is 4.58. The summed E-state index contributed by atoms with van der Waals surface area (Å²) in [5.74, 6) is 0.797. The summed E-state index contributed by atoms with van der Waals surface area (Å²) in [6, 6.07) is 14.4. The summed E-state index contributed by atoms with van der Waals surface area (Å²) in [6.07, 6.45) is 1.36. The van der Waals surface area contributed by atoms with E-state index in [1.165, 1.54) is 0 Å². The van der Waals surface area contributed by atoms with Gasteiger partial charge in [-0.05, 0) is 49.6 Å². The van der Waals surface area contributed by atoms with E-state index in [9.17, 15) is 8.42 Å². The first kappa shape index (κ1) is 16.5. The molecule has 4 nitrogen and oxygen atoms in total. The molecule has 0 aromatic heterocycles. The molecule has 2 rings (SSSR count). The molecule has 0 spiro atoms. The van der Waals surface area contributed by atoms with Crippen molar-refractivity contribution in [1.82, 2.24) is 0 Å². The van der Waals surface area contributed by atoms with Crippen LogP contribution in [0.4, 0.5) is 0 Å². The summed E-state index contributed by atoms with van der Waals surface area (Å²) in [6.45, 7) is 2.07. The van der Waals surface area contributed by atoms with Crippen molar-refractivity contribution < 1.29 is 17.3 Å². The fourth-order valence-electron chi connectivity index (χ4n) is 2.05. The lowest BCUT2D eigenvalue weighted by atomic mass is 10.1. The van der Waals surface area contributed by atoms with E-state index in [4.69, 9.17) is 8.92 Å². The van der Waals surface area contributed by atoms with E-state index in [2.05, 4.69) is 0 Å². The smallest absolute Gasteiger partial charge is 0.296 e. The Labute approximate surface area is 131 Å². The molecule has 0 radical (unpaired) electrons. The molecule has 0 saturated carbocycles. The van der Waals surface area contributed by atoms with E-state index in [1.807, 2.05) is 31.2 Å². The zero-order chi connectivity index (χ0) is 16.0. The van der Waals surface area contributed by atoms with Crippen LogP contribution in [0.25, 0.3) is 0 Å². The van der Waals surface area contributed by atoms with Gasteiger partial charge in [0.2, 0.25) is 0 Å². The second kappa shape index (κ2) is 7.42. The van der Waals surface area contributed by atoms with E-state index < -0.39 is 10.1 Å². The monoisotopic (exact) mass is 320 g/mol. The normalized spacial score (nSPS) is 11.4. The summed E-state index contributed by atoms with van der Waals surface area (Å²) >= 11 is 0. The lowest BCUT2D eigenvalue weighted by Gasteiger charge is -2.07. The maximum Gasteiger partial charge on any atom is 0.296 e. The maximum atomic E-state index is 12.0. The van der Waals surface area contributed by atoms with Crippen LogP contribution in [-0.2, 0) is 20.7 Å². The molecule has 0 amide bonds. The Morgan fingerprint density at radius 3 is 2.45 bits per heavy atom.